The van der Waals surface area contributed by atoms with E-state index in [1.54, 1.807) is 4.52 Å². The maximum atomic E-state index is 13.6. The molecule has 0 aliphatic carbocycles. The predicted octanol–water partition coefficient (Wildman–Crippen LogP) is 2.38. The summed E-state index contributed by atoms with van der Waals surface area (Å²) >= 11 is 0. The van der Waals surface area contributed by atoms with Crippen molar-refractivity contribution in [1.82, 2.24) is 14.6 Å². The van der Waals surface area contributed by atoms with E-state index in [9.17, 15) is 12.8 Å². The number of aryl methyl sites for hydroxylation is 3. The monoisotopic (exact) mass is 376 g/mol. The lowest BCUT2D eigenvalue weighted by atomic mass is 10.1. The predicted molar refractivity (Wildman–Crippen MR) is 96.4 cm³/mol. The Morgan fingerprint density at radius 1 is 1.27 bits per heavy atom. The molecule has 2 heterocycles. The molecule has 0 aliphatic rings. The summed E-state index contributed by atoms with van der Waals surface area (Å²) in [5, 5.41) is 4.47. The van der Waals surface area contributed by atoms with Crippen LogP contribution in [-0.4, -0.2) is 29.6 Å². The lowest BCUT2D eigenvalue weighted by Gasteiger charge is -2.10. The molecule has 0 saturated carbocycles. The number of nitrogens with zero attached hydrogens (tertiary/aromatic N) is 3. The second-order valence-corrected chi connectivity index (χ2v) is 8.01. The summed E-state index contributed by atoms with van der Waals surface area (Å²) in [6, 6.07) is 4.98. The molecule has 0 unspecified atom stereocenters. The van der Waals surface area contributed by atoms with Crippen LogP contribution in [0.5, 0.6) is 0 Å². The van der Waals surface area contributed by atoms with Gasteiger partial charge in [-0.3, -0.25) is 0 Å². The maximum absolute atomic E-state index is 13.6. The van der Waals surface area contributed by atoms with E-state index in [4.69, 9.17) is 5.73 Å². The van der Waals surface area contributed by atoms with Crippen LogP contribution in [0.2, 0.25) is 0 Å². The summed E-state index contributed by atoms with van der Waals surface area (Å²) in [7, 11) is -3.96. The number of rotatable bonds is 5. The fourth-order valence-electron chi connectivity index (χ4n) is 3.15. The molecule has 2 N–H and O–H groups in total. The van der Waals surface area contributed by atoms with E-state index >= 15 is 0 Å². The average Bonchev–Trinajstić information content (AvgIpc) is 2.98. The minimum atomic E-state index is -3.96. The van der Waals surface area contributed by atoms with Crippen molar-refractivity contribution in [3.8, 4) is 0 Å². The lowest BCUT2D eigenvalue weighted by molar-refractivity contribution is 0.590. The van der Waals surface area contributed by atoms with E-state index in [0.29, 0.717) is 25.1 Å². The fourth-order valence-corrected chi connectivity index (χ4v) is 4.78. The van der Waals surface area contributed by atoms with E-state index in [1.807, 2.05) is 20.8 Å². The zero-order valence-corrected chi connectivity index (χ0v) is 15.8. The van der Waals surface area contributed by atoms with Crippen LogP contribution >= 0.6 is 0 Å². The number of hydrogen-bond acceptors (Lipinski definition) is 5. The highest BCUT2D eigenvalue weighted by molar-refractivity contribution is 7.91. The van der Waals surface area contributed by atoms with Crippen molar-refractivity contribution in [2.45, 2.75) is 43.4 Å². The minimum Gasteiger partial charge on any atom is -0.330 e. The molecule has 3 rings (SSSR count). The van der Waals surface area contributed by atoms with Crippen LogP contribution < -0.4 is 5.73 Å². The summed E-state index contributed by atoms with van der Waals surface area (Å²) in [6.45, 7) is 5.99. The van der Waals surface area contributed by atoms with Crippen molar-refractivity contribution < 1.29 is 12.8 Å². The molecule has 0 spiro atoms. The zero-order valence-electron chi connectivity index (χ0n) is 15.0. The average molecular weight is 376 g/mol. The molecule has 1 aromatic carbocycles. The molecular formula is C18H21FN4O2S. The first kappa shape index (κ1) is 18.5. The number of fused-ring (bicyclic) bond motifs is 1. The Labute approximate surface area is 151 Å². The van der Waals surface area contributed by atoms with Crippen molar-refractivity contribution in [3.05, 3.63) is 52.7 Å². The molecule has 2 aromatic heterocycles. The van der Waals surface area contributed by atoms with Crippen molar-refractivity contribution in [1.29, 1.82) is 0 Å². The summed E-state index contributed by atoms with van der Waals surface area (Å²) in [5.74, 6) is -0.605. The molecule has 0 saturated heterocycles. The van der Waals surface area contributed by atoms with Gasteiger partial charge in [0.15, 0.2) is 5.65 Å². The fraction of sp³-hybridized carbons (Fsp3) is 0.333. The van der Waals surface area contributed by atoms with Gasteiger partial charge in [-0.05, 0) is 57.0 Å². The molecule has 0 aliphatic heterocycles. The minimum absolute atomic E-state index is 0.0381. The Morgan fingerprint density at radius 2 is 2.00 bits per heavy atom. The number of benzene rings is 1. The quantitative estimate of drug-likeness (QED) is 0.738. The van der Waals surface area contributed by atoms with Crippen molar-refractivity contribution in [2.24, 2.45) is 5.73 Å². The smallest absolute Gasteiger partial charge is 0.212 e. The topological polar surface area (TPSA) is 90.3 Å². The van der Waals surface area contributed by atoms with Crippen LogP contribution in [-0.2, 0) is 22.7 Å². The van der Waals surface area contributed by atoms with Gasteiger partial charge >= 0.3 is 0 Å². The van der Waals surface area contributed by atoms with Crippen LogP contribution in [0.15, 0.2) is 34.1 Å². The van der Waals surface area contributed by atoms with E-state index in [2.05, 4.69) is 10.1 Å². The van der Waals surface area contributed by atoms with Gasteiger partial charge in [-0.2, -0.15) is 5.10 Å². The van der Waals surface area contributed by atoms with E-state index in [-0.39, 0.29) is 15.4 Å². The number of hydrogen-bond donors (Lipinski definition) is 1. The largest absolute Gasteiger partial charge is 0.330 e. The maximum Gasteiger partial charge on any atom is 0.212 e. The number of nitrogens with two attached hydrogens (primary N) is 1. The highest BCUT2D eigenvalue weighted by Crippen LogP contribution is 2.30. The van der Waals surface area contributed by atoms with Crippen molar-refractivity contribution >= 4 is 15.5 Å². The van der Waals surface area contributed by atoms with Gasteiger partial charge in [-0.1, -0.05) is 13.0 Å². The summed E-state index contributed by atoms with van der Waals surface area (Å²) in [4.78, 5) is 4.44. The SMILES string of the molecule is CCc1nn2c(C)c(CCN)c(C)nc2c1S(=O)(=O)c1cccc(F)c1. The van der Waals surface area contributed by atoms with Crippen LogP contribution in [0.25, 0.3) is 5.65 Å². The van der Waals surface area contributed by atoms with Crippen molar-refractivity contribution in [2.75, 3.05) is 6.54 Å². The molecule has 0 radical (unpaired) electrons. The number of aromatic nitrogens is 3. The van der Waals surface area contributed by atoms with E-state index in [1.165, 1.54) is 18.2 Å². The third-order valence-electron chi connectivity index (χ3n) is 4.46. The summed E-state index contributed by atoms with van der Waals surface area (Å²) < 4.78 is 41.5. The third kappa shape index (κ3) is 2.89. The molecule has 138 valence electrons. The normalized spacial score (nSPS) is 12.0. The van der Waals surface area contributed by atoms with Crippen molar-refractivity contribution in [3.63, 3.8) is 0 Å². The molecule has 6 nitrogen and oxygen atoms in total. The highest BCUT2D eigenvalue weighted by atomic mass is 32.2. The first-order valence-electron chi connectivity index (χ1n) is 8.39. The second-order valence-electron chi connectivity index (χ2n) is 6.13. The summed E-state index contributed by atoms with van der Waals surface area (Å²) in [5.41, 5.74) is 8.84. The first-order valence-corrected chi connectivity index (χ1v) is 9.88. The van der Waals surface area contributed by atoms with Gasteiger partial charge in [0.05, 0.1) is 10.6 Å². The number of sulfone groups is 1. The molecule has 26 heavy (non-hydrogen) atoms. The Kier molecular flexibility index (Phi) is 4.81. The lowest BCUT2D eigenvalue weighted by Crippen LogP contribution is -2.11. The van der Waals surface area contributed by atoms with Gasteiger partial charge in [0.2, 0.25) is 9.84 Å². The van der Waals surface area contributed by atoms with Gasteiger partial charge < -0.3 is 5.73 Å². The van der Waals surface area contributed by atoms with Crippen LogP contribution in [0.1, 0.15) is 29.6 Å². The Morgan fingerprint density at radius 3 is 2.62 bits per heavy atom. The van der Waals surface area contributed by atoms with Crippen LogP contribution in [0.3, 0.4) is 0 Å². The summed E-state index contributed by atoms with van der Waals surface area (Å²) in [6.07, 6.45) is 1.05. The van der Waals surface area contributed by atoms with Gasteiger partial charge in [0.1, 0.15) is 10.7 Å². The number of halogens is 1. The molecule has 3 aromatic rings. The zero-order chi connectivity index (χ0) is 19.1. The first-order chi connectivity index (χ1) is 12.3. The highest BCUT2D eigenvalue weighted by Gasteiger charge is 2.29. The molecule has 0 bridgehead atoms. The van der Waals surface area contributed by atoms with Gasteiger partial charge in [0.25, 0.3) is 0 Å². The molecule has 8 heteroatoms. The Balaban J connectivity index is 2.36. The van der Waals surface area contributed by atoms with E-state index in [0.717, 1.165) is 23.0 Å². The Bertz CT molecular complexity index is 1090. The van der Waals surface area contributed by atoms with Gasteiger partial charge in [0, 0.05) is 11.4 Å². The molecule has 0 fully saturated rings. The van der Waals surface area contributed by atoms with E-state index < -0.39 is 15.7 Å². The molecular weight excluding hydrogens is 355 g/mol. The molecule has 0 amide bonds. The Hall–Kier alpha value is -2.32. The molecule has 0 atom stereocenters. The standard InChI is InChI=1S/C18H21FN4O2S/c1-4-16-17(26(24,25)14-7-5-6-13(19)10-14)18-21-11(2)15(8-9-20)12(3)23(18)22-16/h5-7,10H,4,8-9,20H2,1-3H3. The van der Waals surface area contributed by atoms with Crippen LogP contribution in [0.4, 0.5) is 4.39 Å². The van der Waals surface area contributed by atoms with Gasteiger partial charge in [-0.15, -0.1) is 0 Å². The van der Waals surface area contributed by atoms with Gasteiger partial charge in [-0.25, -0.2) is 22.3 Å². The van der Waals surface area contributed by atoms with Crippen LogP contribution in [0, 0.1) is 19.7 Å². The third-order valence-corrected chi connectivity index (χ3v) is 6.29. The second kappa shape index (κ2) is 6.77.